The molecule has 0 saturated carbocycles. The largest absolute Gasteiger partial charge is 0.424 e. The number of halogens is 3. The molecule has 0 atom stereocenters. The highest BCUT2D eigenvalue weighted by atomic mass is 19.4. The number of aromatic nitrogens is 1. The topological polar surface area (TPSA) is 47.3 Å². The van der Waals surface area contributed by atoms with Crippen molar-refractivity contribution in [2.45, 2.75) is 6.18 Å². The Labute approximate surface area is 101 Å². The van der Waals surface area contributed by atoms with Crippen molar-refractivity contribution in [1.29, 1.82) is 0 Å². The van der Waals surface area contributed by atoms with E-state index in [-0.39, 0.29) is 19.2 Å². The third kappa shape index (κ3) is 3.63. The van der Waals surface area contributed by atoms with E-state index < -0.39 is 12.8 Å². The van der Waals surface area contributed by atoms with Crippen molar-refractivity contribution in [3.63, 3.8) is 0 Å². The molecule has 2 rings (SSSR count). The van der Waals surface area contributed by atoms with Gasteiger partial charge in [-0.25, -0.2) is 0 Å². The first-order valence-corrected chi connectivity index (χ1v) is 5.28. The molecule has 1 N–H and O–H groups in total. The number of oxazole rings is 1. The van der Waals surface area contributed by atoms with E-state index in [1.165, 1.54) is 0 Å². The molecule has 0 aliphatic rings. The molecule has 0 aliphatic heterocycles. The molecule has 7 heteroatoms. The van der Waals surface area contributed by atoms with Gasteiger partial charge in [-0.2, -0.15) is 18.2 Å². The average Bonchev–Trinajstić information content (AvgIpc) is 2.69. The van der Waals surface area contributed by atoms with E-state index >= 15 is 0 Å². The molecular formula is C11H11F3N2O2. The Bertz CT molecular complexity index is 477. The highest BCUT2D eigenvalue weighted by Crippen LogP contribution is 2.18. The second kappa shape index (κ2) is 5.26. The van der Waals surface area contributed by atoms with Gasteiger partial charge in [-0.05, 0) is 12.1 Å². The van der Waals surface area contributed by atoms with Crippen LogP contribution in [-0.2, 0) is 4.74 Å². The summed E-state index contributed by atoms with van der Waals surface area (Å²) in [6.45, 7) is -1.12. The van der Waals surface area contributed by atoms with Gasteiger partial charge in [0.15, 0.2) is 5.58 Å². The summed E-state index contributed by atoms with van der Waals surface area (Å²) in [5.41, 5.74) is 1.31. The standard InChI is InChI=1S/C11H11F3N2O2/c12-11(13,14)7-17-6-5-15-10-16-8-3-1-2-4-9(8)18-10/h1-4H,5-7H2,(H,15,16). The minimum absolute atomic E-state index is 0.0712. The second-order valence-electron chi connectivity index (χ2n) is 3.58. The monoisotopic (exact) mass is 260 g/mol. The number of nitrogens with zero attached hydrogens (tertiary/aromatic N) is 1. The number of fused-ring (bicyclic) bond motifs is 1. The minimum atomic E-state index is -4.29. The van der Waals surface area contributed by atoms with Crippen LogP contribution in [-0.4, -0.2) is 30.9 Å². The fourth-order valence-corrected chi connectivity index (χ4v) is 1.37. The molecule has 0 amide bonds. The summed E-state index contributed by atoms with van der Waals surface area (Å²) in [4.78, 5) is 4.10. The van der Waals surface area contributed by atoms with Gasteiger partial charge >= 0.3 is 6.18 Å². The Morgan fingerprint density at radius 3 is 2.78 bits per heavy atom. The highest BCUT2D eigenvalue weighted by Gasteiger charge is 2.27. The number of hydrogen-bond acceptors (Lipinski definition) is 4. The Morgan fingerprint density at radius 1 is 1.28 bits per heavy atom. The molecule has 1 heterocycles. The molecule has 1 aromatic heterocycles. The summed E-state index contributed by atoms with van der Waals surface area (Å²) < 4.78 is 45.1. The van der Waals surface area contributed by atoms with Crippen LogP contribution in [0.4, 0.5) is 19.2 Å². The molecule has 0 radical (unpaired) electrons. The Kier molecular flexibility index (Phi) is 3.71. The molecule has 1 aromatic carbocycles. The van der Waals surface area contributed by atoms with Gasteiger partial charge in [0.2, 0.25) is 0 Å². The average molecular weight is 260 g/mol. The second-order valence-corrected chi connectivity index (χ2v) is 3.58. The Hall–Kier alpha value is -1.76. The zero-order chi connectivity index (χ0) is 13.0. The van der Waals surface area contributed by atoms with E-state index in [9.17, 15) is 13.2 Å². The van der Waals surface area contributed by atoms with E-state index in [0.717, 1.165) is 0 Å². The molecule has 18 heavy (non-hydrogen) atoms. The van der Waals surface area contributed by atoms with Gasteiger partial charge in [-0.1, -0.05) is 12.1 Å². The number of rotatable bonds is 5. The molecule has 0 unspecified atom stereocenters. The number of anilines is 1. The highest BCUT2D eigenvalue weighted by molar-refractivity contribution is 5.74. The van der Waals surface area contributed by atoms with Gasteiger partial charge in [0.25, 0.3) is 6.01 Å². The van der Waals surface area contributed by atoms with Crippen molar-refractivity contribution in [1.82, 2.24) is 4.98 Å². The van der Waals surface area contributed by atoms with E-state index in [2.05, 4.69) is 15.0 Å². The molecule has 0 aliphatic carbocycles. The van der Waals surface area contributed by atoms with Gasteiger partial charge in [0.1, 0.15) is 12.1 Å². The van der Waals surface area contributed by atoms with Gasteiger partial charge < -0.3 is 14.5 Å². The molecule has 4 nitrogen and oxygen atoms in total. The number of hydrogen-bond donors (Lipinski definition) is 1. The number of alkyl halides is 3. The maximum Gasteiger partial charge on any atom is 0.411 e. The minimum Gasteiger partial charge on any atom is -0.424 e. The van der Waals surface area contributed by atoms with E-state index in [1.807, 2.05) is 12.1 Å². The van der Waals surface area contributed by atoms with E-state index in [0.29, 0.717) is 11.1 Å². The van der Waals surface area contributed by atoms with Crippen LogP contribution in [0, 0.1) is 0 Å². The van der Waals surface area contributed by atoms with Crippen LogP contribution in [0.3, 0.4) is 0 Å². The lowest BCUT2D eigenvalue weighted by molar-refractivity contribution is -0.172. The van der Waals surface area contributed by atoms with Crippen LogP contribution in [0.25, 0.3) is 11.1 Å². The summed E-state index contributed by atoms with van der Waals surface area (Å²) in [6.07, 6.45) is -4.29. The lowest BCUT2D eigenvalue weighted by atomic mass is 10.3. The summed E-state index contributed by atoms with van der Waals surface area (Å²) in [7, 11) is 0. The van der Waals surface area contributed by atoms with Crippen molar-refractivity contribution >= 4 is 17.1 Å². The first kappa shape index (κ1) is 12.7. The molecule has 98 valence electrons. The zero-order valence-corrected chi connectivity index (χ0v) is 9.33. The molecule has 0 saturated heterocycles. The number of nitrogens with one attached hydrogen (secondary N) is 1. The van der Waals surface area contributed by atoms with Crippen molar-refractivity contribution in [2.75, 3.05) is 25.1 Å². The molecule has 0 fully saturated rings. The smallest absolute Gasteiger partial charge is 0.411 e. The third-order valence-electron chi connectivity index (χ3n) is 2.08. The SMILES string of the molecule is FC(F)(F)COCCNc1nc2ccccc2o1. The predicted octanol–water partition coefficient (Wildman–Crippen LogP) is 2.82. The van der Waals surface area contributed by atoms with E-state index in [4.69, 9.17) is 4.42 Å². The quantitative estimate of drug-likeness (QED) is 0.840. The van der Waals surface area contributed by atoms with Crippen LogP contribution in [0.1, 0.15) is 0 Å². The first-order valence-electron chi connectivity index (χ1n) is 5.28. The van der Waals surface area contributed by atoms with Crippen LogP contribution in [0.5, 0.6) is 0 Å². The maximum absolute atomic E-state index is 11.8. The van der Waals surface area contributed by atoms with Gasteiger partial charge in [0.05, 0.1) is 6.61 Å². The molecule has 0 spiro atoms. The Morgan fingerprint density at radius 2 is 2.06 bits per heavy atom. The van der Waals surface area contributed by atoms with E-state index in [1.54, 1.807) is 12.1 Å². The van der Waals surface area contributed by atoms with Crippen molar-refractivity contribution in [2.24, 2.45) is 0 Å². The van der Waals surface area contributed by atoms with Crippen molar-refractivity contribution in [3.05, 3.63) is 24.3 Å². The molecule has 0 bridgehead atoms. The fraction of sp³-hybridized carbons (Fsp3) is 0.364. The summed E-state index contributed by atoms with van der Waals surface area (Å²) in [5.74, 6) is 0. The number of para-hydroxylation sites is 2. The number of ether oxygens (including phenoxy) is 1. The van der Waals surface area contributed by atoms with Crippen molar-refractivity contribution in [3.8, 4) is 0 Å². The Balaban J connectivity index is 1.77. The predicted molar refractivity (Wildman–Crippen MR) is 59.4 cm³/mol. The third-order valence-corrected chi connectivity index (χ3v) is 2.08. The summed E-state index contributed by atoms with van der Waals surface area (Å²) in [5, 5.41) is 2.75. The van der Waals surface area contributed by atoms with Crippen molar-refractivity contribution < 1.29 is 22.3 Å². The van der Waals surface area contributed by atoms with Gasteiger partial charge in [0, 0.05) is 6.54 Å². The van der Waals surface area contributed by atoms with Crippen LogP contribution in [0.2, 0.25) is 0 Å². The molecule has 2 aromatic rings. The van der Waals surface area contributed by atoms with Crippen LogP contribution < -0.4 is 5.32 Å². The van der Waals surface area contributed by atoms with Gasteiger partial charge in [-0.15, -0.1) is 0 Å². The summed E-state index contributed by atoms with van der Waals surface area (Å²) >= 11 is 0. The normalized spacial score (nSPS) is 11.9. The molecular weight excluding hydrogens is 249 g/mol. The maximum atomic E-state index is 11.8. The van der Waals surface area contributed by atoms with Crippen LogP contribution >= 0.6 is 0 Å². The van der Waals surface area contributed by atoms with Gasteiger partial charge in [-0.3, -0.25) is 0 Å². The number of benzene rings is 1. The lowest BCUT2D eigenvalue weighted by Gasteiger charge is -2.07. The lowest BCUT2D eigenvalue weighted by Crippen LogP contribution is -2.20. The fourth-order valence-electron chi connectivity index (χ4n) is 1.37. The van der Waals surface area contributed by atoms with Crippen LogP contribution in [0.15, 0.2) is 28.7 Å². The summed E-state index contributed by atoms with van der Waals surface area (Å²) in [6, 6.07) is 7.44. The zero-order valence-electron chi connectivity index (χ0n) is 9.33. The first-order chi connectivity index (χ1) is 8.54.